The zero-order chi connectivity index (χ0) is 14.1. The Bertz CT molecular complexity index is 373. The first-order valence-electron chi connectivity index (χ1n) is 6.67. The van der Waals surface area contributed by atoms with Gasteiger partial charge >= 0.3 is 5.97 Å². The van der Waals surface area contributed by atoms with Gasteiger partial charge in [-0.05, 0) is 37.1 Å². The maximum absolute atomic E-state index is 11.7. The van der Waals surface area contributed by atoms with Gasteiger partial charge in [0, 0.05) is 4.83 Å². The molecule has 0 bridgehead atoms. The lowest BCUT2D eigenvalue weighted by Crippen LogP contribution is -2.06. The molecule has 106 valence electrons. The second-order valence-electron chi connectivity index (χ2n) is 4.43. The Morgan fingerprint density at radius 2 is 1.95 bits per heavy atom. The van der Waals surface area contributed by atoms with Crippen LogP contribution in [0.5, 0.6) is 5.75 Å². The van der Waals surface area contributed by atoms with E-state index in [0.717, 1.165) is 25.0 Å². The Hall–Kier alpha value is -1.03. The van der Waals surface area contributed by atoms with Crippen molar-refractivity contribution in [2.24, 2.45) is 0 Å². The summed E-state index contributed by atoms with van der Waals surface area (Å²) < 4.78 is 10.7. The molecule has 1 aromatic carbocycles. The van der Waals surface area contributed by atoms with E-state index in [9.17, 15) is 4.79 Å². The molecule has 1 aromatic rings. The molecule has 1 atom stereocenters. The number of hydrogen-bond donors (Lipinski definition) is 0. The van der Waals surface area contributed by atoms with Crippen LogP contribution < -0.4 is 4.74 Å². The minimum Gasteiger partial charge on any atom is -0.494 e. The molecule has 4 heteroatoms. The number of hydrogen-bond acceptors (Lipinski definition) is 3. The van der Waals surface area contributed by atoms with Gasteiger partial charge in [-0.3, -0.25) is 0 Å². The smallest absolute Gasteiger partial charge is 0.338 e. The van der Waals surface area contributed by atoms with Crippen molar-refractivity contribution in [3.8, 4) is 5.75 Å². The third kappa shape index (κ3) is 6.62. The Morgan fingerprint density at radius 1 is 1.26 bits per heavy atom. The van der Waals surface area contributed by atoms with Crippen LogP contribution >= 0.6 is 15.9 Å². The van der Waals surface area contributed by atoms with E-state index in [0.29, 0.717) is 23.6 Å². The molecule has 0 amide bonds. The minimum atomic E-state index is -0.269. The summed E-state index contributed by atoms with van der Waals surface area (Å²) in [5.41, 5.74) is 0.567. The van der Waals surface area contributed by atoms with E-state index >= 15 is 0 Å². The van der Waals surface area contributed by atoms with Gasteiger partial charge in [0.25, 0.3) is 0 Å². The Balaban J connectivity index is 2.40. The van der Waals surface area contributed by atoms with Crippen LogP contribution in [0.4, 0.5) is 0 Å². The number of rotatable bonds is 8. The van der Waals surface area contributed by atoms with Crippen molar-refractivity contribution in [2.45, 2.75) is 37.9 Å². The molecule has 1 unspecified atom stereocenters. The number of halogens is 1. The molecular formula is C15H21BrO3. The largest absolute Gasteiger partial charge is 0.494 e. The van der Waals surface area contributed by atoms with Crippen molar-refractivity contribution in [1.82, 2.24) is 0 Å². The van der Waals surface area contributed by atoms with Crippen LogP contribution in [0.2, 0.25) is 0 Å². The van der Waals surface area contributed by atoms with Crippen LogP contribution in [0.15, 0.2) is 24.3 Å². The molecule has 0 saturated carbocycles. The summed E-state index contributed by atoms with van der Waals surface area (Å²) in [6.45, 7) is 5.29. The molecule has 0 aliphatic heterocycles. The highest BCUT2D eigenvalue weighted by Gasteiger charge is 2.06. The zero-order valence-corrected chi connectivity index (χ0v) is 13.1. The van der Waals surface area contributed by atoms with Gasteiger partial charge in [0.05, 0.1) is 18.8 Å². The van der Waals surface area contributed by atoms with Gasteiger partial charge in [-0.2, -0.15) is 0 Å². The van der Waals surface area contributed by atoms with Crippen molar-refractivity contribution in [3.63, 3.8) is 0 Å². The summed E-state index contributed by atoms with van der Waals surface area (Å²) >= 11 is 3.47. The van der Waals surface area contributed by atoms with Crippen LogP contribution in [0.1, 0.15) is 43.5 Å². The Morgan fingerprint density at radius 3 is 2.53 bits per heavy atom. The Kier molecular flexibility index (Phi) is 7.56. The van der Waals surface area contributed by atoms with Crippen LogP contribution in [0, 0.1) is 0 Å². The highest BCUT2D eigenvalue weighted by atomic mass is 79.9. The summed E-state index contributed by atoms with van der Waals surface area (Å²) in [6.07, 6.45) is 2.87. The zero-order valence-electron chi connectivity index (χ0n) is 11.5. The molecular weight excluding hydrogens is 308 g/mol. The molecule has 0 saturated heterocycles. The molecule has 0 N–H and O–H groups in total. The summed E-state index contributed by atoms with van der Waals surface area (Å²) in [4.78, 5) is 12.1. The molecule has 0 aromatic heterocycles. The van der Waals surface area contributed by atoms with E-state index in [-0.39, 0.29) is 5.97 Å². The SMILES string of the molecule is CCCCOC(=O)c1ccc(OCCC(C)Br)cc1. The maximum Gasteiger partial charge on any atom is 0.338 e. The van der Waals surface area contributed by atoms with Crippen molar-refractivity contribution < 1.29 is 14.3 Å². The first kappa shape index (κ1) is 16.0. The number of ether oxygens (including phenoxy) is 2. The minimum absolute atomic E-state index is 0.269. The van der Waals surface area contributed by atoms with Gasteiger partial charge < -0.3 is 9.47 Å². The van der Waals surface area contributed by atoms with Crippen LogP contribution in [0.3, 0.4) is 0 Å². The van der Waals surface area contributed by atoms with E-state index in [1.54, 1.807) is 24.3 Å². The number of carbonyl (C=O) groups excluding carboxylic acids is 1. The van der Waals surface area contributed by atoms with E-state index in [4.69, 9.17) is 9.47 Å². The summed E-state index contributed by atoms with van der Waals surface area (Å²) in [5, 5.41) is 0. The third-order valence-electron chi connectivity index (χ3n) is 2.61. The first-order chi connectivity index (χ1) is 9.13. The maximum atomic E-state index is 11.7. The lowest BCUT2D eigenvalue weighted by molar-refractivity contribution is 0.0499. The fraction of sp³-hybridized carbons (Fsp3) is 0.533. The van der Waals surface area contributed by atoms with Gasteiger partial charge in [-0.15, -0.1) is 0 Å². The Labute approximate surface area is 123 Å². The number of esters is 1. The van der Waals surface area contributed by atoms with E-state index in [1.807, 2.05) is 0 Å². The predicted molar refractivity (Wildman–Crippen MR) is 80.1 cm³/mol. The van der Waals surface area contributed by atoms with Gasteiger partial charge in [0.2, 0.25) is 0 Å². The topological polar surface area (TPSA) is 35.5 Å². The van der Waals surface area contributed by atoms with Gasteiger partial charge in [-0.25, -0.2) is 4.79 Å². The van der Waals surface area contributed by atoms with Crippen molar-refractivity contribution >= 4 is 21.9 Å². The molecule has 0 spiro atoms. The summed E-state index contributed by atoms with van der Waals surface area (Å²) in [7, 11) is 0. The summed E-state index contributed by atoms with van der Waals surface area (Å²) in [6, 6.07) is 7.08. The molecule has 0 fully saturated rings. The average molecular weight is 329 g/mol. The summed E-state index contributed by atoms with van der Waals surface area (Å²) in [5.74, 6) is 0.507. The molecule has 0 aliphatic rings. The normalized spacial score (nSPS) is 11.9. The predicted octanol–water partition coefficient (Wildman–Crippen LogP) is 4.20. The second-order valence-corrected chi connectivity index (χ2v) is 5.99. The quantitative estimate of drug-likeness (QED) is 0.407. The fourth-order valence-corrected chi connectivity index (χ4v) is 1.61. The molecule has 1 rings (SSSR count). The lowest BCUT2D eigenvalue weighted by Gasteiger charge is -2.08. The van der Waals surface area contributed by atoms with Gasteiger partial charge in [0.15, 0.2) is 0 Å². The van der Waals surface area contributed by atoms with Gasteiger partial charge in [-0.1, -0.05) is 36.2 Å². The number of alkyl halides is 1. The monoisotopic (exact) mass is 328 g/mol. The van der Waals surface area contributed by atoms with Crippen molar-refractivity contribution in [1.29, 1.82) is 0 Å². The molecule has 19 heavy (non-hydrogen) atoms. The highest BCUT2D eigenvalue weighted by Crippen LogP contribution is 2.14. The second kappa shape index (κ2) is 8.97. The number of carbonyl (C=O) groups is 1. The first-order valence-corrected chi connectivity index (χ1v) is 7.59. The van der Waals surface area contributed by atoms with Crippen LogP contribution in [0.25, 0.3) is 0 Å². The molecule has 0 heterocycles. The molecule has 0 radical (unpaired) electrons. The number of benzene rings is 1. The van der Waals surface area contributed by atoms with Gasteiger partial charge in [0.1, 0.15) is 5.75 Å². The molecule has 3 nitrogen and oxygen atoms in total. The fourth-order valence-electron chi connectivity index (χ4n) is 1.42. The van der Waals surface area contributed by atoms with E-state index < -0.39 is 0 Å². The van der Waals surface area contributed by atoms with E-state index in [2.05, 4.69) is 29.8 Å². The lowest BCUT2D eigenvalue weighted by atomic mass is 10.2. The van der Waals surface area contributed by atoms with Crippen molar-refractivity contribution in [3.05, 3.63) is 29.8 Å². The third-order valence-corrected chi connectivity index (χ3v) is 3.06. The standard InChI is InChI=1S/C15H21BrO3/c1-3-4-10-19-15(17)13-5-7-14(8-6-13)18-11-9-12(2)16/h5-8,12H,3-4,9-11H2,1-2H3. The number of unbranched alkanes of at least 4 members (excludes halogenated alkanes) is 1. The van der Waals surface area contributed by atoms with Crippen LogP contribution in [-0.4, -0.2) is 24.0 Å². The molecule has 0 aliphatic carbocycles. The highest BCUT2D eigenvalue weighted by molar-refractivity contribution is 9.09. The average Bonchev–Trinajstić information content (AvgIpc) is 2.39. The van der Waals surface area contributed by atoms with E-state index in [1.165, 1.54) is 0 Å². The van der Waals surface area contributed by atoms with Crippen molar-refractivity contribution in [2.75, 3.05) is 13.2 Å². The van der Waals surface area contributed by atoms with Crippen LogP contribution in [-0.2, 0) is 4.74 Å².